The van der Waals surface area contributed by atoms with Crippen molar-refractivity contribution in [2.45, 2.75) is 33.1 Å². The first-order valence-corrected chi connectivity index (χ1v) is 6.19. The SMILES string of the molecule is CC(=O)C(C)C(CC(C)c1ccccc1)C(=O)[O-].[Na+]. The molecule has 0 N–H and O–H groups in total. The predicted molar refractivity (Wildman–Crippen MR) is 67.8 cm³/mol. The Hall–Kier alpha value is -0.640. The minimum absolute atomic E-state index is 0. The van der Waals surface area contributed by atoms with Crippen LogP contribution in [0, 0.1) is 11.8 Å². The summed E-state index contributed by atoms with van der Waals surface area (Å²) in [5.41, 5.74) is 1.08. The van der Waals surface area contributed by atoms with Crippen molar-refractivity contribution >= 4 is 11.8 Å². The molecule has 0 aliphatic carbocycles. The van der Waals surface area contributed by atoms with Crippen molar-refractivity contribution < 1.29 is 44.3 Å². The van der Waals surface area contributed by atoms with E-state index in [1.165, 1.54) is 6.92 Å². The van der Waals surface area contributed by atoms with Gasteiger partial charge in [0.15, 0.2) is 0 Å². The zero-order valence-electron chi connectivity index (χ0n) is 12.1. The fourth-order valence-corrected chi connectivity index (χ4v) is 2.09. The van der Waals surface area contributed by atoms with Crippen molar-refractivity contribution in [2.75, 3.05) is 0 Å². The van der Waals surface area contributed by atoms with Crippen molar-refractivity contribution in [1.29, 1.82) is 0 Å². The Kier molecular flexibility index (Phi) is 8.23. The zero-order chi connectivity index (χ0) is 13.7. The quantitative estimate of drug-likeness (QED) is 0.609. The second kappa shape index (κ2) is 8.51. The van der Waals surface area contributed by atoms with Gasteiger partial charge in [-0.05, 0) is 24.8 Å². The maximum Gasteiger partial charge on any atom is 1.00 e. The smallest absolute Gasteiger partial charge is 0.550 e. The fourth-order valence-electron chi connectivity index (χ4n) is 2.09. The summed E-state index contributed by atoms with van der Waals surface area (Å²) in [5, 5.41) is 11.1. The Morgan fingerprint density at radius 2 is 1.68 bits per heavy atom. The van der Waals surface area contributed by atoms with Crippen LogP contribution in [0.3, 0.4) is 0 Å². The van der Waals surface area contributed by atoms with Gasteiger partial charge in [-0.1, -0.05) is 44.2 Å². The molecule has 0 aliphatic heterocycles. The van der Waals surface area contributed by atoms with Gasteiger partial charge in [0.05, 0.1) is 0 Å². The maximum absolute atomic E-state index is 11.3. The number of Topliss-reactive ketones (excluding diaryl/α,β-unsaturated/α-hetero) is 1. The Balaban J connectivity index is 0.00000324. The van der Waals surface area contributed by atoms with Crippen LogP contribution in [0.25, 0.3) is 0 Å². The number of carboxylic acid groups (broad SMARTS) is 1. The Morgan fingerprint density at radius 3 is 2.11 bits per heavy atom. The third-order valence-corrected chi connectivity index (χ3v) is 3.52. The zero-order valence-corrected chi connectivity index (χ0v) is 14.1. The monoisotopic (exact) mass is 270 g/mol. The summed E-state index contributed by atoms with van der Waals surface area (Å²) in [4.78, 5) is 22.5. The van der Waals surface area contributed by atoms with Crippen LogP contribution in [-0.2, 0) is 9.59 Å². The first kappa shape index (κ1) is 18.4. The number of carbonyl (C=O) groups is 2. The van der Waals surface area contributed by atoms with Crippen molar-refractivity contribution in [1.82, 2.24) is 0 Å². The molecule has 0 saturated heterocycles. The Labute approximate surface area is 136 Å². The number of carbonyl (C=O) groups excluding carboxylic acids is 2. The average Bonchev–Trinajstić information content (AvgIpc) is 2.35. The molecule has 98 valence electrons. The van der Waals surface area contributed by atoms with Crippen molar-refractivity contribution in [3.63, 3.8) is 0 Å². The number of ketones is 1. The van der Waals surface area contributed by atoms with Crippen molar-refractivity contribution in [2.24, 2.45) is 11.8 Å². The van der Waals surface area contributed by atoms with Crippen LogP contribution in [0.1, 0.15) is 38.7 Å². The van der Waals surface area contributed by atoms with E-state index < -0.39 is 17.8 Å². The number of benzene rings is 1. The molecule has 0 fully saturated rings. The van der Waals surface area contributed by atoms with Gasteiger partial charge in [-0.3, -0.25) is 4.79 Å². The molecule has 19 heavy (non-hydrogen) atoms. The molecule has 0 amide bonds. The normalized spacial score (nSPS) is 14.9. The molecule has 4 heteroatoms. The number of hydrogen-bond donors (Lipinski definition) is 0. The van der Waals surface area contributed by atoms with Gasteiger partial charge < -0.3 is 9.90 Å². The minimum Gasteiger partial charge on any atom is -0.550 e. The summed E-state index contributed by atoms with van der Waals surface area (Å²) in [6.07, 6.45) is 0.424. The molecule has 0 aliphatic rings. The summed E-state index contributed by atoms with van der Waals surface area (Å²) < 4.78 is 0. The molecule has 1 aromatic carbocycles. The van der Waals surface area contributed by atoms with E-state index in [0.717, 1.165) is 5.56 Å². The minimum atomic E-state index is -1.14. The van der Waals surface area contributed by atoms with E-state index in [-0.39, 0.29) is 41.3 Å². The second-order valence-electron chi connectivity index (χ2n) is 4.87. The van der Waals surface area contributed by atoms with Gasteiger partial charge in [0.1, 0.15) is 5.78 Å². The topological polar surface area (TPSA) is 57.2 Å². The van der Waals surface area contributed by atoms with E-state index in [4.69, 9.17) is 0 Å². The van der Waals surface area contributed by atoms with E-state index in [1.807, 2.05) is 37.3 Å². The van der Waals surface area contributed by atoms with Gasteiger partial charge >= 0.3 is 29.6 Å². The third-order valence-electron chi connectivity index (χ3n) is 3.52. The number of rotatable bonds is 6. The second-order valence-corrected chi connectivity index (χ2v) is 4.87. The molecule has 0 heterocycles. The van der Waals surface area contributed by atoms with Crippen LogP contribution in [0.15, 0.2) is 30.3 Å². The summed E-state index contributed by atoms with van der Waals surface area (Å²) >= 11 is 0. The molecule has 3 atom stereocenters. The van der Waals surface area contributed by atoms with E-state index in [9.17, 15) is 14.7 Å². The van der Waals surface area contributed by atoms with E-state index in [0.29, 0.717) is 6.42 Å². The van der Waals surface area contributed by atoms with Crippen molar-refractivity contribution in [3.05, 3.63) is 35.9 Å². The summed E-state index contributed by atoms with van der Waals surface area (Å²) in [5.74, 6) is -2.38. The molecule has 0 radical (unpaired) electrons. The van der Waals surface area contributed by atoms with Crippen LogP contribution in [0.5, 0.6) is 0 Å². The third kappa shape index (κ3) is 5.47. The van der Waals surface area contributed by atoms with Gasteiger partial charge in [0, 0.05) is 17.8 Å². The Morgan fingerprint density at radius 1 is 1.16 bits per heavy atom. The van der Waals surface area contributed by atoms with Gasteiger partial charge in [-0.2, -0.15) is 0 Å². The number of carboxylic acids is 1. The summed E-state index contributed by atoms with van der Waals surface area (Å²) in [6.45, 7) is 5.05. The molecular weight excluding hydrogens is 251 g/mol. The molecule has 0 bridgehead atoms. The van der Waals surface area contributed by atoms with Gasteiger partial charge in [0.25, 0.3) is 0 Å². The molecular formula is C15H19NaO3. The molecule has 1 rings (SSSR count). The van der Waals surface area contributed by atoms with Crippen LogP contribution in [0.2, 0.25) is 0 Å². The molecule has 1 aromatic rings. The van der Waals surface area contributed by atoms with Crippen LogP contribution in [-0.4, -0.2) is 11.8 Å². The largest absolute Gasteiger partial charge is 1.00 e. The van der Waals surface area contributed by atoms with Crippen LogP contribution in [0.4, 0.5) is 0 Å². The van der Waals surface area contributed by atoms with E-state index in [2.05, 4.69) is 0 Å². The van der Waals surface area contributed by atoms with E-state index in [1.54, 1.807) is 6.92 Å². The maximum atomic E-state index is 11.3. The standard InChI is InChI=1S/C15H20O3.Na/c1-10(13-7-5-4-6-8-13)9-14(15(17)18)11(2)12(3)16;/h4-8,10-11,14H,9H2,1-3H3,(H,17,18);/q;+1/p-1. The first-order valence-electron chi connectivity index (χ1n) is 6.19. The molecule has 3 unspecified atom stereocenters. The molecule has 0 aromatic heterocycles. The molecule has 3 nitrogen and oxygen atoms in total. The van der Waals surface area contributed by atoms with Gasteiger partial charge in [0.2, 0.25) is 0 Å². The first-order chi connectivity index (χ1) is 8.43. The average molecular weight is 270 g/mol. The predicted octanol–water partition coefficient (Wildman–Crippen LogP) is -1.22. The number of hydrogen-bond acceptors (Lipinski definition) is 3. The number of aliphatic carboxylic acids is 1. The molecule has 0 spiro atoms. The van der Waals surface area contributed by atoms with Gasteiger partial charge in [-0.15, -0.1) is 0 Å². The van der Waals surface area contributed by atoms with Gasteiger partial charge in [-0.25, -0.2) is 0 Å². The fraction of sp³-hybridized carbons (Fsp3) is 0.467. The Bertz CT molecular complexity index is 417. The summed E-state index contributed by atoms with van der Waals surface area (Å²) in [7, 11) is 0. The van der Waals surface area contributed by atoms with Crippen LogP contribution < -0.4 is 34.7 Å². The van der Waals surface area contributed by atoms with E-state index >= 15 is 0 Å². The summed E-state index contributed by atoms with van der Waals surface area (Å²) in [6, 6.07) is 9.71. The molecule has 0 saturated carbocycles. The van der Waals surface area contributed by atoms with Crippen molar-refractivity contribution in [3.8, 4) is 0 Å². The van der Waals surface area contributed by atoms with Crippen LogP contribution >= 0.6 is 0 Å².